The third-order valence-corrected chi connectivity index (χ3v) is 4.58. The first-order valence-electron chi connectivity index (χ1n) is 8.19. The topological polar surface area (TPSA) is 90.3 Å². The van der Waals surface area contributed by atoms with Crippen LogP contribution < -0.4 is 10.9 Å². The van der Waals surface area contributed by atoms with E-state index in [-0.39, 0.29) is 17.9 Å². The first-order valence-corrected chi connectivity index (χ1v) is 9.01. The predicted molar refractivity (Wildman–Crippen MR) is 96.4 cm³/mol. The van der Waals surface area contributed by atoms with E-state index in [1.807, 2.05) is 13.8 Å². The Morgan fingerprint density at radius 2 is 2.04 bits per heavy atom. The molecule has 0 bridgehead atoms. The van der Waals surface area contributed by atoms with Crippen LogP contribution in [0.5, 0.6) is 0 Å². The standard InChI is InChI=1S/C17H21N3O4S/c1-4-9-20-14(21)8-7-13(19-20)15(22)18-16-12(17(23)24-6-3)10-11(5-2)25-16/h7-8,10H,4-6,9H2,1-3H3,(H,18,22). The maximum atomic E-state index is 12.5. The molecule has 0 aliphatic carbocycles. The fourth-order valence-electron chi connectivity index (χ4n) is 2.18. The van der Waals surface area contributed by atoms with Gasteiger partial charge in [0.05, 0.1) is 12.2 Å². The highest BCUT2D eigenvalue weighted by Gasteiger charge is 2.20. The lowest BCUT2D eigenvalue weighted by molar-refractivity contribution is 0.0528. The van der Waals surface area contributed by atoms with Crippen molar-refractivity contribution in [1.29, 1.82) is 0 Å². The number of rotatable bonds is 7. The quantitative estimate of drug-likeness (QED) is 0.764. The molecule has 0 unspecified atom stereocenters. The molecule has 1 amide bonds. The molecule has 0 aromatic carbocycles. The molecule has 2 heterocycles. The number of hydrogen-bond donors (Lipinski definition) is 1. The van der Waals surface area contributed by atoms with Gasteiger partial charge in [-0.25, -0.2) is 9.48 Å². The molecule has 0 fully saturated rings. The van der Waals surface area contributed by atoms with Gasteiger partial charge in [0, 0.05) is 17.5 Å². The molecule has 0 radical (unpaired) electrons. The number of anilines is 1. The minimum atomic E-state index is -0.474. The summed E-state index contributed by atoms with van der Waals surface area (Å²) in [5, 5.41) is 7.21. The predicted octanol–water partition coefficient (Wildman–Crippen LogP) is 2.71. The zero-order chi connectivity index (χ0) is 18.4. The number of aryl methyl sites for hydroxylation is 2. The Hall–Kier alpha value is -2.48. The fourth-order valence-corrected chi connectivity index (χ4v) is 3.16. The number of esters is 1. The van der Waals surface area contributed by atoms with Crippen molar-refractivity contribution in [2.24, 2.45) is 0 Å². The van der Waals surface area contributed by atoms with Crippen LogP contribution in [0.3, 0.4) is 0 Å². The zero-order valence-corrected chi connectivity index (χ0v) is 15.3. The molecule has 1 N–H and O–H groups in total. The van der Waals surface area contributed by atoms with Crippen LogP contribution in [-0.2, 0) is 17.7 Å². The maximum Gasteiger partial charge on any atom is 0.341 e. The third-order valence-electron chi connectivity index (χ3n) is 3.39. The van der Waals surface area contributed by atoms with Crippen LogP contribution in [0.15, 0.2) is 23.0 Å². The van der Waals surface area contributed by atoms with Crippen molar-refractivity contribution < 1.29 is 14.3 Å². The van der Waals surface area contributed by atoms with E-state index in [2.05, 4.69) is 10.4 Å². The van der Waals surface area contributed by atoms with Gasteiger partial charge in [0.25, 0.3) is 11.5 Å². The fraction of sp³-hybridized carbons (Fsp3) is 0.412. The summed E-state index contributed by atoms with van der Waals surface area (Å²) in [6.45, 7) is 6.31. The molecule has 8 heteroatoms. The van der Waals surface area contributed by atoms with Crippen LogP contribution in [0.4, 0.5) is 5.00 Å². The summed E-state index contributed by atoms with van der Waals surface area (Å²) >= 11 is 1.33. The van der Waals surface area contributed by atoms with Gasteiger partial charge < -0.3 is 10.1 Å². The molecule has 0 aliphatic heterocycles. The molecule has 2 aromatic heterocycles. The second kappa shape index (κ2) is 8.57. The van der Waals surface area contributed by atoms with Gasteiger partial charge in [-0.15, -0.1) is 11.3 Å². The van der Waals surface area contributed by atoms with Crippen LogP contribution in [0, 0.1) is 0 Å². The van der Waals surface area contributed by atoms with E-state index in [9.17, 15) is 14.4 Å². The van der Waals surface area contributed by atoms with Gasteiger partial charge >= 0.3 is 5.97 Å². The summed E-state index contributed by atoms with van der Waals surface area (Å²) in [6.07, 6.45) is 1.47. The van der Waals surface area contributed by atoms with Crippen LogP contribution >= 0.6 is 11.3 Å². The molecule has 0 aliphatic rings. The Morgan fingerprint density at radius 1 is 1.28 bits per heavy atom. The summed E-state index contributed by atoms with van der Waals surface area (Å²) in [4.78, 5) is 37.2. The van der Waals surface area contributed by atoms with Crippen LogP contribution in [-0.4, -0.2) is 28.3 Å². The van der Waals surface area contributed by atoms with Gasteiger partial charge in [0.1, 0.15) is 10.7 Å². The van der Waals surface area contributed by atoms with Gasteiger partial charge in [-0.1, -0.05) is 13.8 Å². The smallest absolute Gasteiger partial charge is 0.341 e. The second-order valence-electron chi connectivity index (χ2n) is 5.26. The van der Waals surface area contributed by atoms with Crippen LogP contribution in [0.2, 0.25) is 0 Å². The average molecular weight is 363 g/mol. The zero-order valence-electron chi connectivity index (χ0n) is 14.5. The number of aromatic nitrogens is 2. The Kier molecular flexibility index (Phi) is 6.46. The lowest BCUT2D eigenvalue weighted by atomic mass is 10.2. The van der Waals surface area contributed by atoms with E-state index in [1.54, 1.807) is 13.0 Å². The molecule has 2 aromatic rings. The van der Waals surface area contributed by atoms with Crippen molar-refractivity contribution in [2.45, 2.75) is 40.2 Å². The second-order valence-corrected chi connectivity index (χ2v) is 6.40. The summed E-state index contributed by atoms with van der Waals surface area (Å²) < 4.78 is 6.29. The number of carbonyl (C=O) groups excluding carboxylic acids is 2. The molecule has 0 saturated carbocycles. The lowest BCUT2D eigenvalue weighted by Gasteiger charge is -2.07. The lowest BCUT2D eigenvalue weighted by Crippen LogP contribution is -2.26. The van der Waals surface area contributed by atoms with Crippen molar-refractivity contribution in [1.82, 2.24) is 9.78 Å². The first kappa shape index (κ1) is 18.9. The average Bonchev–Trinajstić information content (AvgIpc) is 3.00. The van der Waals surface area contributed by atoms with Crippen molar-refractivity contribution >= 4 is 28.2 Å². The Labute approximate surface area is 149 Å². The highest BCUT2D eigenvalue weighted by atomic mass is 32.1. The molecule has 7 nitrogen and oxygen atoms in total. The van der Waals surface area contributed by atoms with Crippen molar-refractivity contribution in [3.8, 4) is 0 Å². The Balaban J connectivity index is 2.28. The number of thiophene rings is 1. The van der Waals surface area contributed by atoms with Crippen molar-refractivity contribution in [3.05, 3.63) is 44.7 Å². The normalized spacial score (nSPS) is 10.5. The maximum absolute atomic E-state index is 12.5. The molecule has 0 saturated heterocycles. The van der Waals surface area contributed by atoms with Crippen molar-refractivity contribution in [2.75, 3.05) is 11.9 Å². The number of hydrogen-bond acceptors (Lipinski definition) is 6. The molecule has 0 atom stereocenters. The summed E-state index contributed by atoms with van der Waals surface area (Å²) in [6, 6.07) is 4.42. The van der Waals surface area contributed by atoms with E-state index in [1.165, 1.54) is 28.2 Å². The van der Waals surface area contributed by atoms with E-state index in [4.69, 9.17) is 4.74 Å². The summed E-state index contributed by atoms with van der Waals surface area (Å²) in [5.74, 6) is -0.947. The van der Waals surface area contributed by atoms with Gasteiger partial charge in [0.15, 0.2) is 0 Å². The summed E-state index contributed by atoms with van der Waals surface area (Å²) in [7, 11) is 0. The van der Waals surface area contributed by atoms with E-state index >= 15 is 0 Å². The Bertz CT molecular complexity index is 826. The van der Waals surface area contributed by atoms with E-state index in [0.29, 0.717) is 17.1 Å². The molecular formula is C17H21N3O4S. The SMILES string of the molecule is CCCn1nc(C(=O)Nc2sc(CC)cc2C(=O)OCC)ccc1=O. The largest absolute Gasteiger partial charge is 0.462 e. The highest BCUT2D eigenvalue weighted by molar-refractivity contribution is 7.16. The minimum absolute atomic E-state index is 0.120. The van der Waals surface area contributed by atoms with Crippen LogP contribution in [0.1, 0.15) is 52.9 Å². The minimum Gasteiger partial charge on any atom is -0.462 e. The third kappa shape index (κ3) is 4.54. The molecular weight excluding hydrogens is 342 g/mol. The first-order chi connectivity index (χ1) is 12.0. The van der Waals surface area contributed by atoms with Crippen molar-refractivity contribution in [3.63, 3.8) is 0 Å². The van der Waals surface area contributed by atoms with Gasteiger partial charge in [0.2, 0.25) is 0 Å². The monoisotopic (exact) mass is 363 g/mol. The Morgan fingerprint density at radius 3 is 2.68 bits per heavy atom. The number of ether oxygens (including phenoxy) is 1. The number of nitrogens with zero attached hydrogens (tertiary/aromatic N) is 2. The molecule has 0 spiro atoms. The molecule has 2 rings (SSSR count). The van der Waals surface area contributed by atoms with Gasteiger partial charge in [-0.05, 0) is 31.9 Å². The van der Waals surface area contributed by atoms with Gasteiger partial charge in [-0.2, -0.15) is 5.10 Å². The summed E-state index contributed by atoms with van der Waals surface area (Å²) in [5.41, 5.74) is 0.197. The molecule has 134 valence electrons. The van der Waals surface area contributed by atoms with E-state index in [0.717, 1.165) is 17.7 Å². The number of carbonyl (C=O) groups is 2. The van der Waals surface area contributed by atoms with Crippen LogP contribution in [0.25, 0.3) is 0 Å². The van der Waals surface area contributed by atoms with Gasteiger partial charge in [-0.3, -0.25) is 9.59 Å². The number of nitrogens with one attached hydrogen (secondary N) is 1. The highest BCUT2D eigenvalue weighted by Crippen LogP contribution is 2.29. The number of amides is 1. The molecule has 25 heavy (non-hydrogen) atoms. The van der Waals surface area contributed by atoms with E-state index < -0.39 is 11.9 Å².